The fourth-order valence-corrected chi connectivity index (χ4v) is 0.549. The van der Waals surface area contributed by atoms with Crippen LogP contribution in [0, 0.1) is 0 Å². The molecule has 0 aliphatic rings. The predicted octanol–water partition coefficient (Wildman–Crippen LogP) is -0.929. The first-order chi connectivity index (χ1) is 5.24. The number of primary amides is 1. The normalized spacial score (nSPS) is 10.5. The molecule has 0 aliphatic heterocycles. The second-order valence-corrected chi connectivity index (χ2v) is 1.71. The molecule has 0 radical (unpaired) electrons. The third-order valence-corrected chi connectivity index (χ3v) is 0.977. The van der Waals surface area contributed by atoms with E-state index in [1.165, 1.54) is 17.2 Å². The Morgan fingerprint density at radius 2 is 2.45 bits per heavy atom. The summed E-state index contributed by atoms with van der Waals surface area (Å²) < 4.78 is 1.18. The van der Waals surface area contributed by atoms with Gasteiger partial charge < -0.3 is 11.6 Å². The van der Waals surface area contributed by atoms with Gasteiger partial charge in [0.15, 0.2) is 0 Å². The van der Waals surface area contributed by atoms with Crippen LogP contribution in [0.3, 0.4) is 0 Å². The maximum absolute atomic E-state index is 10.5. The van der Waals surface area contributed by atoms with E-state index in [2.05, 4.69) is 15.4 Å². The molecule has 7 heteroatoms. The van der Waals surface area contributed by atoms with Crippen LogP contribution in [0.25, 0.3) is 0 Å². The highest BCUT2D eigenvalue weighted by atomic mass is 16.1. The highest BCUT2D eigenvalue weighted by Gasteiger charge is 2.02. The lowest BCUT2D eigenvalue weighted by molar-refractivity contribution is 0.0996. The topological polar surface area (TPSA) is 112 Å². The number of rotatable bonds is 2. The molecule has 0 atom stereocenters. The van der Waals surface area contributed by atoms with E-state index in [1.807, 2.05) is 0 Å². The molecule has 58 valence electrons. The van der Waals surface area contributed by atoms with Gasteiger partial charge >= 0.3 is 0 Å². The first-order valence-corrected chi connectivity index (χ1v) is 2.69. The Balaban J connectivity index is 2.90. The Morgan fingerprint density at radius 1 is 1.73 bits per heavy atom. The molecule has 0 fully saturated rings. The predicted molar refractivity (Wildman–Crippen MR) is 35.2 cm³/mol. The van der Waals surface area contributed by atoms with Crippen molar-refractivity contribution < 1.29 is 4.79 Å². The summed E-state index contributed by atoms with van der Waals surface area (Å²) in [6.07, 6.45) is 2.59. The van der Waals surface area contributed by atoms with Crippen molar-refractivity contribution in [3.05, 3.63) is 18.2 Å². The zero-order valence-corrected chi connectivity index (χ0v) is 5.51. The average molecular weight is 154 g/mol. The Labute approximate surface area is 61.7 Å². The van der Waals surface area contributed by atoms with Crippen LogP contribution in [0.1, 0.15) is 10.5 Å². The minimum atomic E-state index is -0.615. The lowest BCUT2D eigenvalue weighted by atomic mass is 10.5. The van der Waals surface area contributed by atoms with Gasteiger partial charge in [0.2, 0.25) is 0 Å². The summed E-state index contributed by atoms with van der Waals surface area (Å²) in [6.45, 7) is 0. The molecule has 0 saturated carbocycles. The second kappa shape index (κ2) is 2.78. The summed E-state index contributed by atoms with van der Waals surface area (Å²) in [5.41, 5.74) is 5.03. The molecule has 0 unspecified atom stereocenters. The number of carbonyl (C=O) groups is 1. The molecular weight excluding hydrogens is 148 g/mol. The van der Waals surface area contributed by atoms with E-state index in [4.69, 9.17) is 11.6 Å². The van der Waals surface area contributed by atoms with Gasteiger partial charge in [0, 0.05) is 0 Å². The number of nitrogens with two attached hydrogens (primary N) is 2. The molecule has 1 heterocycles. The van der Waals surface area contributed by atoms with E-state index in [9.17, 15) is 4.79 Å². The van der Waals surface area contributed by atoms with E-state index in [-0.39, 0.29) is 5.69 Å². The Bertz CT molecular complexity index is 289. The van der Waals surface area contributed by atoms with Gasteiger partial charge in [-0.3, -0.25) is 4.79 Å². The molecule has 0 aliphatic carbocycles. The van der Waals surface area contributed by atoms with Gasteiger partial charge in [-0.05, 0) is 5.22 Å². The van der Waals surface area contributed by atoms with Crippen molar-refractivity contribution in [2.24, 2.45) is 22.0 Å². The van der Waals surface area contributed by atoms with E-state index < -0.39 is 5.91 Å². The van der Waals surface area contributed by atoms with Crippen LogP contribution in [-0.2, 0) is 0 Å². The molecule has 7 nitrogen and oxygen atoms in total. The highest BCUT2D eigenvalue weighted by Crippen LogP contribution is 1.93. The molecule has 4 N–H and O–H groups in total. The summed E-state index contributed by atoms with van der Waals surface area (Å²) in [7, 11) is 0. The SMILES string of the molecule is NN=Nn1cnc(C(N)=O)c1. The van der Waals surface area contributed by atoms with Crippen molar-refractivity contribution in [1.29, 1.82) is 0 Å². The molecule has 0 aromatic carbocycles. The van der Waals surface area contributed by atoms with E-state index in [0.29, 0.717) is 0 Å². The quantitative estimate of drug-likeness (QED) is 0.326. The van der Waals surface area contributed by atoms with Gasteiger partial charge in [-0.15, -0.1) is 0 Å². The summed E-state index contributed by atoms with van der Waals surface area (Å²) in [4.78, 5) is 14.1. The molecule has 1 rings (SSSR count). The van der Waals surface area contributed by atoms with Crippen LogP contribution in [0.15, 0.2) is 23.0 Å². The number of aromatic nitrogens is 2. The number of imidazole rings is 1. The molecule has 11 heavy (non-hydrogen) atoms. The summed E-state index contributed by atoms with van der Waals surface area (Å²) in [5.74, 6) is 4.12. The van der Waals surface area contributed by atoms with Gasteiger partial charge in [-0.1, -0.05) is 5.22 Å². The van der Waals surface area contributed by atoms with Gasteiger partial charge in [0.05, 0.1) is 6.20 Å². The van der Waals surface area contributed by atoms with E-state index in [0.717, 1.165) is 0 Å². The van der Waals surface area contributed by atoms with E-state index >= 15 is 0 Å². The lowest BCUT2D eigenvalue weighted by Gasteiger charge is -1.83. The summed E-state index contributed by atoms with van der Waals surface area (Å²) >= 11 is 0. The maximum atomic E-state index is 10.5. The Kier molecular flexibility index (Phi) is 1.81. The summed E-state index contributed by atoms with van der Waals surface area (Å²) in [6, 6.07) is 0. The van der Waals surface area contributed by atoms with Crippen LogP contribution < -0.4 is 11.6 Å². The third kappa shape index (κ3) is 1.51. The number of amides is 1. The third-order valence-electron chi connectivity index (χ3n) is 0.977. The van der Waals surface area contributed by atoms with Crippen molar-refractivity contribution in [1.82, 2.24) is 9.66 Å². The smallest absolute Gasteiger partial charge is 0.268 e. The van der Waals surface area contributed by atoms with Crippen molar-refractivity contribution in [2.45, 2.75) is 0 Å². The van der Waals surface area contributed by atoms with Crippen LogP contribution in [0.2, 0.25) is 0 Å². The van der Waals surface area contributed by atoms with Crippen molar-refractivity contribution in [2.75, 3.05) is 0 Å². The largest absolute Gasteiger partial charge is 0.364 e. The zero-order chi connectivity index (χ0) is 8.27. The molecule has 1 aromatic rings. The monoisotopic (exact) mass is 154 g/mol. The van der Waals surface area contributed by atoms with Crippen LogP contribution in [0.5, 0.6) is 0 Å². The molecule has 0 spiro atoms. The van der Waals surface area contributed by atoms with Gasteiger partial charge in [-0.25, -0.2) is 9.66 Å². The van der Waals surface area contributed by atoms with Gasteiger partial charge in [-0.2, -0.15) is 0 Å². The minimum Gasteiger partial charge on any atom is -0.364 e. The van der Waals surface area contributed by atoms with Gasteiger partial charge in [0.1, 0.15) is 12.0 Å². The zero-order valence-electron chi connectivity index (χ0n) is 5.51. The Hall–Kier alpha value is -1.92. The number of nitrogens with zero attached hydrogens (tertiary/aromatic N) is 4. The number of carbonyl (C=O) groups excluding carboxylic acids is 1. The number of hydrogen-bond donors (Lipinski definition) is 2. The first kappa shape index (κ1) is 7.19. The van der Waals surface area contributed by atoms with Crippen molar-refractivity contribution >= 4 is 5.91 Å². The Morgan fingerprint density at radius 3 is 2.91 bits per heavy atom. The van der Waals surface area contributed by atoms with Crippen LogP contribution in [-0.4, -0.2) is 15.6 Å². The molecule has 0 bridgehead atoms. The highest BCUT2D eigenvalue weighted by molar-refractivity contribution is 5.90. The molecule has 0 saturated heterocycles. The second-order valence-electron chi connectivity index (χ2n) is 1.71. The first-order valence-electron chi connectivity index (χ1n) is 2.69. The average Bonchev–Trinajstić information content (AvgIpc) is 2.37. The van der Waals surface area contributed by atoms with E-state index in [1.54, 1.807) is 0 Å². The van der Waals surface area contributed by atoms with Crippen molar-refractivity contribution in [3.63, 3.8) is 0 Å². The van der Waals surface area contributed by atoms with Crippen LogP contribution in [0.4, 0.5) is 0 Å². The minimum absolute atomic E-state index is 0.123. The standard InChI is InChI=1S/C4H6N6O/c5-4(11)3-1-10(2-7-3)9-8-6/h1-2H,(H2,5,11)(H2,6,9). The fraction of sp³-hybridized carbons (Fsp3) is 0. The molecule has 1 aromatic heterocycles. The maximum Gasteiger partial charge on any atom is 0.268 e. The molecular formula is C4H6N6O. The van der Waals surface area contributed by atoms with Crippen molar-refractivity contribution in [3.8, 4) is 0 Å². The lowest BCUT2D eigenvalue weighted by Crippen LogP contribution is -2.10. The molecule has 1 amide bonds. The van der Waals surface area contributed by atoms with Crippen LogP contribution >= 0.6 is 0 Å². The number of hydrogen-bond acceptors (Lipinski definition) is 4. The summed E-state index contributed by atoms with van der Waals surface area (Å²) in [5, 5.41) is 6.33. The fourth-order valence-electron chi connectivity index (χ4n) is 0.549. The van der Waals surface area contributed by atoms with Gasteiger partial charge in [0.25, 0.3) is 5.91 Å².